The lowest BCUT2D eigenvalue weighted by molar-refractivity contribution is 0.749. The summed E-state index contributed by atoms with van der Waals surface area (Å²) in [6, 6.07) is 56.2. The van der Waals surface area contributed by atoms with E-state index < -0.39 is 0 Å². The number of rotatable bonds is 5. The average Bonchev–Trinajstić information content (AvgIpc) is 3.82. The van der Waals surface area contributed by atoms with Gasteiger partial charge >= 0.3 is 0 Å². The van der Waals surface area contributed by atoms with Crippen LogP contribution in [0.3, 0.4) is 0 Å². The van der Waals surface area contributed by atoms with Crippen LogP contribution in [0.4, 0.5) is 11.4 Å². The Balaban J connectivity index is 1.21. The number of nitrogens with zero attached hydrogens (tertiary/aromatic N) is 4. The van der Waals surface area contributed by atoms with Crippen LogP contribution in [0.2, 0.25) is 0 Å². The third kappa shape index (κ3) is 5.46. The molecule has 1 aliphatic carbocycles. The second-order valence-corrected chi connectivity index (χ2v) is 15.8. The molecule has 0 fully saturated rings. The highest BCUT2D eigenvalue weighted by atomic mass is 32.1. The number of hydrogen-bond acceptors (Lipinski definition) is 3. The molecule has 0 amide bonds. The van der Waals surface area contributed by atoms with Gasteiger partial charge in [-0.05, 0) is 75.1 Å². The van der Waals surface area contributed by atoms with Crippen molar-refractivity contribution in [1.29, 1.82) is 0 Å². The van der Waals surface area contributed by atoms with Crippen molar-refractivity contribution in [2.24, 2.45) is 15.0 Å². The fraction of sp³-hybridized carbons (Fsp3) is 0.0577. The topological polar surface area (TPSA) is 40.3 Å². The van der Waals surface area contributed by atoms with Crippen LogP contribution < -0.4 is 4.90 Å². The van der Waals surface area contributed by atoms with Crippen molar-refractivity contribution < 1.29 is 0 Å². The normalized spacial score (nSPS) is 16.6. The molecule has 5 heteroatoms. The zero-order valence-electron chi connectivity index (χ0n) is 31.1. The van der Waals surface area contributed by atoms with Gasteiger partial charge in [-0.25, -0.2) is 9.98 Å². The molecule has 2 heterocycles. The molecule has 0 radical (unpaired) electrons. The summed E-state index contributed by atoms with van der Waals surface area (Å²) >= 11 is 1.88. The van der Waals surface area contributed by atoms with E-state index in [9.17, 15) is 0 Å². The number of amidine groups is 2. The molecule has 0 spiro atoms. The van der Waals surface area contributed by atoms with Crippen LogP contribution in [0, 0.1) is 0 Å². The Morgan fingerprint density at radius 1 is 0.544 bits per heavy atom. The molecule has 1 aliphatic heterocycles. The highest BCUT2D eigenvalue weighted by Crippen LogP contribution is 2.55. The van der Waals surface area contributed by atoms with Gasteiger partial charge in [-0.2, -0.15) is 0 Å². The largest absolute Gasteiger partial charge is 0.333 e. The Kier molecular flexibility index (Phi) is 8.00. The molecule has 9 aromatic rings. The molecule has 4 nitrogen and oxygen atoms in total. The summed E-state index contributed by atoms with van der Waals surface area (Å²) in [4.78, 5) is 17.6. The van der Waals surface area contributed by atoms with Gasteiger partial charge in [-0.3, -0.25) is 4.99 Å². The smallest absolute Gasteiger partial charge is 0.161 e. The summed E-state index contributed by atoms with van der Waals surface area (Å²) in [6.45, 7) is 4.61. The van der Waals surface area contributed by atoms with Crippen LogP contribution >= 0.6 is 11.3 Å². The first-order valence-electron chi connectivity index (χ1n) is 19.4. The van der Waals surface area contributed by atoms with Crippen molar-refractivity contribution in [3.63, 3.8) is 0 Å². The predicted octanol–water partition coefficient (Wildman–Crippen LogP) is 13.3. The van der Waals surface area contributed by atoms with E-state index in [1.807, 2.05) is 47.7 Å². The van der Waals surface area contributed by atoms with Crippen LogP contribution in [-0.2, 0) is 6.54 Å². The summed E-state index contributed by atoms with van der Waals surface area (Å²) in [6.07, 6.45) is 9.18. The number of aliphatic imine (C=N–C) groups is 3. The zero-order valence-corrected chi connectivity index (χ0v) is 31.9. The second kappa shape index (κ2) is 13.7. The molecule has 8 aromatic carbocycles. The molecule has 0 N–H and O–H groups in total. The number of benzene rings is 8. The molecular weight excluding hydrogens is 713 g/mol. The second-order valence-electron chi connectivity index (χ2n) is 14.7. The first kappa shape index (κ1) is 33.4. The monoisotopic (exact) mass is 748 g/mol. The molecular formula is C52H36N4S. The van der Waals surface area contributed by atoms with Gasteiger partial charge in [0.1, 0.15) is 0 Å². The van der Waals surface area contributed by atoms with Crippen LogP contribution in [0.25, 0.3) is 52.5 Å². The lowest BCUT2D eigenvalue weighted by Gasteiger charge is -2.31. The minimum atomic E-state index is 0.0716. The van der Waals surface area contributed by atoms with E-state index in [-0.39, 0.29) is 12.0 Å². The van der Waals surface area contributed by atoms with Crippen molar-refractivity contribution in [2.45, 2.75) is 18.5 Å². The highest BCUT2D eigenvalue weighted by Gasteiger charge is 2.40. The number of fused-ring (bicyclic) bond motifs is 13. The Bertz CT molecular complexity index is 3190. The van der Waals surface area contributed by atoms with E-state index in [4.69, 9.17) is 9.98 Å². The molecule has 57 heavy (non-hydrogen) atoms. The van der Waals surface area contributed by atoms with Crippen molar-refractivity contribution >= 4 is 93.6 Å². The first-order chi connectivity index (χ1) is 28.2. The SMILES string of the molecule is C=N/C(=N\C(=N/Cc1ccccc1)c1ccccc1)c1cc(N2c3ccc4sc5ccccc5c4c3C3C=CC=CC32)c2c3ccccc3c3ccccc3c2c1. The number of thiophene rings is 1. The van der Waals surface area contributed by atoms with Crippen LogP contribution in [0.15, 0.2) is 197 Å². The predicted molar refractivity (Wildman–Crippen MR) is 244 cm³/mol. The number of anilines is 2. The lowest BCUT2D eigenvalue weighted by Crippen LogP contribution is -2.29. The first-order valence-corrected chi connectivity index (χ1v) is 20.2. The van der Waals surface area contributed by atoms with E-state index in [0.717, 1.165) is 27.8 Å². The van der Waals surface area contributed by atoms with Gasteiger partial charge in [0.25, 0.3) is 0 Å². The van der Waals surface area contributed by atoms with Crippen molar-refractivity contribution in [2.75, 3.05) is 4.90 Å². The maximum absolute atomic E-state index is 5.26. The van der Waals surface area contributed by atoms with Crippen LogP contribution in [0.1, 0.15) is 28.2 Å². The van der Waals surface area contributed by atoms with Gasteiger partial charge in [0.15, 0.2) is 11.7 Å². The molecule has 2 unspecified atom stereocenters. The quantitative estimate of drug-likeness (QED) is 0.0981. The summed E-state index contributed by atoms with van der Waals surface area (Å²) in [5.74, 6) is 1.32. The summed E-state index contributed by atoms with van der Waals surface area (Å²) in [5.41, 5.74) is 6.66. The molecule has 0 saturated carbocycles. The summed E-state index contributed by atoms with van der Waals surface area (Å²) in [7, 11) is 0. The number of hydrogen-bond donors (Lipinski definition) is 0. The third-order valence-electron chi connectivity index (χ3n) is 11.5. The Hall–Kier alpha value is -6.95. The molecule has 1 aromatic heterocycles. The Morgan fingerprint density at radius 2 is 1.19 bits per heavy atom. The van der Waals surface area contributed by atoms with Gasteiger partial charge in [0, 0.05) is 48.3 Å². The minimum Gasteiger partial charge on any atom is -0.333 e. The zero-order chi connectivity index (χ0) is 37.9. The van der Waals surface area contributed by atoms with Gasteiger partial charge in [-0.15, -0.1) is 11.3 Å². The Labute approximate surface area is 334 Å². The van der Waals surface area contributed by atoms with Gasteiger partial charge in [-0.1, -0.05) is 152 Å². The maximum atomic E-state index is 5.26. The number of allylic oxidation sites excluding steroid dienone is 2. The van der Waals surface area contributed by atoms with Crippen LogP contribution in [0.5, 0.6) is 0 Å². The highest BCUT2D eigenvalue weighted by molar-refractivity contribution is 7.25. The molecule has 11 rings (SSSR count). The van der Waals surface area contributed by atoms with E-state index in [1.54, 1.807) is 0 Å². The molecule has 270 valence electrons. The maximum Gasteiger partial charge on any atom is 0.161 e. The third-order valence-corrected chi connectivity index (χ3v) is 12.7. The van der Waals surface area contributed by atoms with E-state index >= 15 is 0 Å². The molecule has 0 saturated heterocycles. The van der Waals surface area contributed by atoms with Gasteiger partial charge in [0.2, 0.25) is 0 Å². The average molecular weight is 749 g/mol. The fourth-order valence-corrected chi connectivity index (χ4v) is 10.2. The van der Waals surface area contributed by atoms with Crippen LogP contribution in [-0.4, -0.2) is 24.4 Å². The molecule has 2 aliphatic rings. The van der Waals surface area contributed by atoms with E-state index in [1.165, 1.54) is 58.4 Å². The van der Waals surface area contributed by atoms with Gasteiger partial charge in [0.05, 0.1) is 18.3 Å². The van der Waals surface area contributed by atoms with Crippen molar-refractivity contribution in [1.82, 2.24) is 0 Å². The summed E-state index contributed by atoms with van der Waals surface area (Å²) in [5, 5.41) is 9.90. The fourth-order valence-electron chi connectivity index (χ4n) is 9.09. The van der Waals surface area contributed by atoms with Gasteiger partial charge < -0.3 is 4.90 Å². The van der Waals surface area contributed by atoms with E-state index in [0.29, 0.717) is 18.2 Å². The van der Waals surface area contributed by atoms with Crippen molar-refractivity contribution in [3.8, 4) is 0 Å². The van der Waals surface area contributed by atoms with E-state index in [2.05, 4.69) is 162 Å². The standard InChI is InChI=1S/C52H36N4S/c1-53-51(55-52(34-18-6-3-7-19-34)54-32-33-16-4-2-5-17-33)35-30-42-38-22-9-8-20-36(38)37-21-10-11-23-39(37)48(42)45(31-35)56-43-26-14-12-24-40(43)49-44(56)28-29-47-50(49)41-25-13-15-27-46(41)57-47/h2-31,40,43H,1,32H2/b54-52-,55-51-. The minimum absolute atomic E-state index is 0.0716. The van der Waals surface area contributed by atoms with Crippen molar-refractivity contribution in [3.05, 3.63) is 204 Å². The Morgan fingerprint density at radius 3 is 1.96 bits per heavy atom. The molecule has 0 bridgehead atoms. The molecule has 2 atom stereocenters. The summed E-state index contributed by atoms with van der Waals surface area (Å²) < 4.78 is 2.64. The lowest BCUT2D eigenvalue weighted by atomic mass is 9.88.